The van der Waals surface area contributed by atoms with Crippen molar-refractivity contribution in [1.82, 2.24) is 34.3 Å². The number of nitrogens with two attached hydrogens (primary N) is 1. The van der Waals surface area contributed by atoms with E-state index < -0.39 is 18.3 Å². The predicted molar refractivity (Wildman–Crippen MR) is 138 cm³/mol. The van der Waals surface area contributed by atoms with Crippen LogP contribution in [0.5, 0.6) is 0 Å². The van der Waals surface area contributed by atoms with Gasteiger partial charge >= 0.3 is 6.18 Å². The van der Waals surface area contributed by atoms with Gasteiger partial charge in [0.1, 0.15) is 11.4 Å². The topological polar surface area (TPSA) is 109 Å². The lowest BCUT2D eigenvalue weighted by Gasteiger charge is -2.30. The maximum atomic E-state index is 13.1. The van der Waals surface area contributed by atoms with Crippen LogP contribution in [0.4, 0.5) is 27.9 Å². The van der Waals surface area contributed by atoms with E-state index >= 15 is 0 Å². The van der Waals surface area contributed by atoms with Gasteiger partial charge in [0.2, 0.25) is 5.95 Å². The van der Waals surface area contributed by atoms with Gasteiger partial charge in [-0.1, -0.05) is 6.07 Å². The van der Waals surface area contributed by atoms with Gasteiger partial charge in [0.15, 0.2) is 5.65 Å². The molecule has 2 N–H and O–H groups in total. The number of aromatic nitrogens is 7. The Bertz CT molecular complexity index is 1660. The lowest BCUT2D eigenvalue weighted by molar-refractivity contribution is -0.141. The second-order valence-corrected chi connectivity index (χ2v) is 9.72. The third-order valence-electron chi connectivity index (χ3n) is 7.11. The second kappa shape index (κ2) is 10.5. The first-order chi connectivity index (χ1) is 19.7. The molecule has 0 radical (unpaired) electrons. The van der Waals surface area contributed by atoms with Gasteiger partial charge in [0.05, 0.1) is 17.9 Å². The van der Waals surface area contributed by atoms with Gasteiger partial charge in [-0.05, 0) is 60.2 Å². The third-order valence-corrected chi connectivity index (χ3v) is 7.11. The molecule has 6 rings (SSSR count). The molecule has 1 atom stereocenters. The van der Waals surface area contributed by atoms with Crippen molar-refractivity contribution in [2.24, 2.45) is 5.92 Å². The Morgan fingerprint density at radius 2 is 1.73 bits per heavy atom. The summed E-state index contributed by atoms with van der Waals surface area (Å²) in [7, 11) is 0. The second-order valence-electron chi connectivity index (χ2n) is 9.72. The quantitative estimate of drug-likeness (QED) is 0.265. The number of nitrogen functional groups attached to an aromatic ring is 1. The van der Waals surface area contributed by atoms with Crippen molar-refractivity contribution in [3.8, 4) is 22.4 Å². The zero-order valence-electron chi connectivity index (χ0n) is 21.3. The molecule has 0 spiro atoms. The molecule has 1 aliphatic heterocycles. The van der Waals surface area contributed by atoms with Crippen LogP contribution >= 0.6 is 0 Å². The van der Waals surface area contributed by atoms with Gasteiger partial charge < -0.3 is 10.5 Å². The van der Waals surface area contributed by atoms with Crippen LogP contribution in [-0.4, -0.2) is 47.6 Å². The van der Waals surface area contributed by atoms with E-state index in [1.807, 2.05) is 6.20 Å². The summed E-state index contributed by atoms with van der Waals surface area (Å²) in [6.07, 6.45) is 0.354. The summed E-state index contributed by atoms with van der Waals surface area (Å²) in [6, 6.07) is 8.40. The number of halogens is 5. The van der Waals surface area contributed by atoms with E-state index in [1.54, 1.807) is 29.1 Å². The zero-order chi connectivity index (χ0) is 28.7. The molecule has 0 saturated carbocycles. The molecular formula is C27H23F5N8O. The summed E-state index contributed by atoms with van der Waals surface area (Å²) in [4.78, 5) is 11.8. The molecule has 5 aromatic rings. The van der Waals surface area contributed by atoms with Crippen LogP contribution < -0.4 is 5.73 Å². The van der Waals surface area contributed by atoms with E-state index in [0.29, 0.717) is 41.2 Å². The Balaban J connectivity index is 1.40. The molecule has 1 aliphatic rings. The summed E-state index contributed by atoms with van der Waals surface area (Å²) >= 11 is 0. The van der Waals surface area contributed by atoms with Crippen molar-refractivity contribution < 1.29 is 26.7 Å². The lowest BCUT2D eigenvalue weighted by Crippen LogP contribution is -2.27. The fraction of sp³-hybridized carbons (Fsp3) is 0.296. The fourth-order valence-corrected chi connectivity index (χ4v) is 5.12. The van der Waals surface area contributed by atoms with Gasteiger partial charge in [0, 0.05) is 42.9 Å². The van der Waals surface area contributed by atoms with Gasteiger partial charge in [0.25, 0.3) is 6.43 Å². The summed E-state index contributed by atoms with van der Waals surface area (Å²) < 4.78 is 74.3. The molecule has 9 nitrogen and oxygen atoms in total. The molecule has 0 aliphatic carbocycles. The summed E-state index contributed by atoms with van der Waals surface area (Å²) in [5.74, 6) is 0.126. The maximum absolute atomic E-state index is 13.1. The number of alkyl halides is 5. The summed E-state index contributed by atoms with van der Waals surface area (Å²) in [5, 5.41) is 8.81. The number of hydrogen-bond acceptors (Lipinski definition) is 7. The standard InChI is InChI=1S/C27H23F5N8O/c28-25(29)20-3-1-17(12-34-20)24(15-5-7-41-8-6-15)39-14-19(13-36-39)18-9-21(40-23(10-18)37-26(33)38-40)16-2-4-22(35-11-16)27(30,31)32/h1-4,9-15,24-25H,5-8H2,(H2,33,38). The first-order valence-corrected chi connectivity index (χ1v) is 12.7. The van der Waals surface area contributed by atoms with E-state index in [1.165, 1.54) is 22.8 Å². The van der Waals surface area contributed by atoms with Crippen molar-refractivity contribution in [3.05, 3.63) is 78.1 Å². The van der Waals surface area contributed by atoms with Crippen molar-refractivity contribution in [2.75, 3.05) is 18.9 Å². The molecule has 5 aromatic heterocycles. The first kappa shape index (κ1) is 26.7. The van der Waals surface area contributed by atoms with Gasteiger partial charge in [-0.15, -0.1) is 5.10 Å². The fourth-order valence-electron chi connectivity index (χ4n) is 5.12. The first-order valence-electron chi connectivity index (χ1n) is 12.7. The molecule has 41 heavy (non-hydrogen) atoms. The molecule has 1 fully saturated rings. The van der Waals surface area contributed by atoms with Crippen molar-refractivity contribution in [3.63, 3.8) is 0 Å². The van der Waals surface area contributed by atoms with Crippen molar-refractivity contribution in [2.45, 2.75) is 31.5 Å². The predicted octanol–water partition coefficient (Wildman–Crippen LogP) is 5.60. The highest BCUT2D eigenvalue weighted by Gasteiger charge is 2.32. The molecule has 1 unspecified atom stereocenters. The Labute approximate surface area is 229 Å². The number of hydrogen-bond donors (Lipinski definition) is 1. The molecule has 0 aromatic carbocycles. The van der Waals surface area contributed by atoms with Crippen LogP contribution in [0, 0.1) is 5.92 Å². The van der Waals surface area contributed by atoms with Gasteiger partial charge in [-0.2, -0.15) is 23.3 Å². The molecule has 0 bridgehead atoms. The smallest absolute Gasteiger partial charge is 0.381 e. The third kappa shape index (κ3) is 5.34. The Kier molecular flexibility index (Phi) is 6.85. The van der Waals surface area contributed by atoms with Gasteiger partial charge in [-0.25, -0.2) is 13.3 Å². The SMILES string of the molecule is Nc1nc2cc(-c3cnn(C(c4ccc(C(F)F)nc4)C4CCOCC4)c3)cc(-c3ccc(C(F)(F)F)nc3)n2n1. The van der Waals surface area contributed by atoms with Crippen molar-refractivity contribution >= 4 is 11.6 Å². The highest BCUT2D eigenvalue weighted by atomic mass is 19.4. The molecule has 6 heterocycles. The Morgan fingerprint density at radius 3 is 2.39 bits per heavy atom. The van der Waals surface area contributed by atoms with E-state index in [9.17, 15) is 22.0 Å². The minimum Gasteiger partial charge on any atom is -0.381 e. The van der Waals surface area contributed by atoms with Gasteiger partial charge in [-0.3, -0.25) is 14.6 Å². The molecule has 1 saturated heterocycles. The number of pyridine rings is 3. The van der Waals surface area contributed by atoms with Crippen LogP contribution in [0.1, 0.15) is 42.3 Å². The summed E-state index contributed by atoms with van der Waals surface area (Å²) in [5.41, 5.74) is 7.84. The minimum absolute atomic E-state index is 0.00158. The van der Waals surface area contributed by atoms with Crippen LogP contribution in [0.3, 0.4) is 0 Å². The average Bonchev–Trinajstić information content (AvgIpc) is 3.59. The maximum Gasteiger partial charge on any atom is 0.433 e. The lowest BCUT2D eigenvalue weighted by atomic mass is 9.87. The zero-order valence-corrected chi connectivity index (χ0v) is 21.3. The Morgan fingerprint density at radius 1 is 0.927 bits per heavy atom. The van der Waals surface area contributed by atoms with Crippen molar-refractivity contribution in [1.29, 1.82) is 0 Å². The van der Waals surface area contributed by atoms with Crippen LogP contribution in [0.2, 0.25) is 0 Å². The number of nitrogens with zero attached hydrogens (tertiary/aromatic N) is 7. The van der Waals surface area contributed by atoms with Crippen LogP contribution in [0.15, 0.2) is 61.2 Å². The molecular weight excluding hydrogens is 547 g/mol. The van der Waals surface area contributed by atoms with E-state index in [0.717, 1.165) is 30.7 Å². The average molecular weight is 571 g/mol. The highest BCUT2D eigenvalue weighted by Crippen LogP contribution is 2.36. The number of rotatable bonds is 6. The van der Waals surface area contributed by atoms with Crippen LogP contribution in [-0.2, 0) is 10.9 Å². The molecule has 0 amide bonds. The molecule has 212 valence electrons. The number of ether oxygens (including phenoxy) is 1. The number of anilines is 1. The normalized spacial score (nSPS) is 15.6. The largest absolute Gasteiger partial charge is 0.433 e. The monoisotopic (exact) mass is 570 g/mol. The number of fused-ring (bicyclic) bond motifs is 1. The van der Waals surface area contributed by atoms with Crippen LogP contribution in [0.25, 0.3) is 28.0 Å². The van der Waals surface area contributed by atoms with E-state index in [4.69, 9.17) is 10.5 Å². The summed E-state index contributed by atoms with van der Waals surface area (Å²) in [6.45, 7) is 1.15. The molecule has 14 heteroatoms. The minimum atomic E-state index is -4.57. The van der Waals surface area contributed by atoms with E-state index in [-0.39, 0.29) is 23.6 Å². The van der Waals surface area contributed by atoms with E-state index in [2.05, 4.69) is 25.1 Å². The Hall–Kier alpha value is -4.46. The highest BCUT2D eigenvalue weighted by molar-refractivity contribution is 5.74.